The molecule has 2 atom stereocenters. The van der Waals surface area contributed by atoms with E-state index in [2.05, 4.69) is 31.0 Å². The highest BCUT2D eigenvalue weighted by Crippen LogP contribution is 2.22. The Kier molecular flexibility index (Phi) is 2.42. The van der Waals surface area contributed by atoms with Crippen molar-refractivity contribution < 1.29 is 0 Å². The monoisotopic (exact) mass is 145 g/mol. The first-order valence-electron chi connectivity index (χ1n) is 3.64. The Bertz CT molecular complexity index is 94.9. The Morgan fingerprint density at radius 1 is 1.33 bits per heavy atom. The lowest BCUT2D eigenvalue weighted by atomic mass is 9.90. The molecule has 0 saturated carbocycles. The molecule has 9 heavy (non-hydrogen) atoms. The van der Waals surface area contributed by atoms with Crippen LogP contribution in [-0.4, -0.2) is 17.4 Å². The Labute approximate surface area is 63.0 Å². The molecule has 0 aromatic heterocycles. The molecule has 0 spiro atoms. The second-order valence-electron chi connectivity index (χ2n) is 3.16. The van der Waals surface area contributed by atoms with Gasteiger partial charge in [0.1, 0.15) is 0 Å². The lowest BCUT2D eigenvalue weighted by molar-refractivity contribution is 0.227. The highest BCUT2D eigenvalue weighted by molar-refractivity contribution is 7.77. The van der Waals surface area contributed by atoms with E-state index in [0.717, 1.165) is 24.9 Å². The maximum Gasteiger partial charge on any atom is 0.0115 e. The van der Waals surface area contributed by atoms with Gasteiger partial charge in [-0.3, -0.25) is 4.31 Å². The van der Waals surface area contributed by atoms with Crippen LogP contribution < -0.4 is 0 Å². The first kappa shape index (κ1) is 7.42. The zero-order chi connectivity index (χ0) is 6.85. The van der Waals surface area contributed by atoms with Crippen molar-refractivity contribution in [2.45, 2.75) is 20.3 Å². The largest absolute Gasteiger partial charge is 0.253 e. The predicted octanol–water partition coefficient (Wildman–Crippen LogP) is 1.81. The van der Waals surface area contributed by atoms with Crippen LogP contribution in [0.15, 0.2) is 0 Å². The van der Waals surface area contributed by atoms with Crippen LogP contribution in [0.5, 0.6) is 0 Å². The molecule has 54 valence electrons. The lowest BCUT2D eigenvalue weighted by Gasteiger charge is -2.31. The molecular weight excluding hydrogens is 130 g/mol. The summed E-state index contributed by atoms with van der Waals surface area (Å²) in [6.07, 6.45) is 1.31. The smallest absolute Gasteiger partial charge is 0.0115 e. The van der Waals surface area contributed by atoms with Crippen LogP contribution in [0.3, 0.4) is 0 Å². The van der Waals surface area contributed by atoms with E-state index in [-0.39, 0.29) is 0 Å². The average Bonchev–Trinajstić information content (AvgIpc) is 1.80. The maximum atomic E-state index is 4.29. The van der Waals surface area contributed by atoms with Crippen LogP contribution in [0, 0.1) is 11.8 Å². The molecule has 0 amide bonds. The minimum atomic E-state index is 0.830. The van der Waals surface area contributed by atoms with E-state index in [4.69, 9.17) is 0 Å². The van der Waals surface area contributed by atoms with Crippen molar-refractivity contribution in [2.75, 3.05) is 13.1 Å². The van der Waals surface area contributed by atoms with E-state index < -0.39 is 0 Å². The number of hydrogen-bond donors (Lipinski definition) is 1. The molecule has 0 bridgehead atoms. The number of piperidine rings is 1. The molecule has 0 radical (unpaired) electrons. The Morgan fingerprint density at radius 3 is 2.44 bits per heavy atom. The van der Waals surface area contributed by atoms with Crippen LogP contribution in [0.25, 0.3) is 0 Å². The van der Waals surface area contributed by atoms with Gasteiger partial charge in [-0.2, -0.15) is 0 Å². The van der Waals surface area contributed by atoms with Gasteiger partial charge in [0.25, 0.3) is 0 Å². The summed E-state index contributed by atoms with van der Waals surface area (Å²) in [5.74, 6) is 1.73. The molecule has 0 N–H and O–H groups in total. The average molecular weight is 145 g/mol. The molecule has 2 unspecified atom stereocenters. The molecule has 1 nitrogen and oxygen atoms in total. The summed E-state index contributed by atoms with van der Waals surface area (Å²) >= 11 is 4.29. The third-order valence-electron chi connectivity index (χ3n) is 2.31. The fourth-order valence-corrected chi connectivity index (χ4v) is 1.61. The van der Waals surface area contributed by atoms with E-state index in [1.54, 1.807) is 0 Å². The van der Waals surface area contributed by atoms with Crippen LogP contribution >= 0.6 is 12.8 Å². The second kappa shape index (κ2) is 2.93. The summed E-state index contributed by atoms with van der Waals surface area (Å²) in [5.41, 5.74) is 0. The molecule has 1 aliphatic heterocycles. The van der Waals surface area contributed by atoms with Crippen molar-refractivity contribution in [3.8, 4) is 0 Å². The van der Waals surface area contributed by atoms with E-state index in [1.165, 1.54) is 6.42 Å². The summed E-state index contributed by atoms with van der Waals surface area (Å²) in [7, 11) is 0. The third-order valence-corrected chi connectivity index (χ3v) is 2.68. The van der Waals surface area contributed by atoms with Gasteiger partial charge in [-0.1, -0.05) is 26.7 Å². The standard InChI is InChI=1S/C7H15NS/c1-6-3-4-8(9)5-7(6)2/h6-7,9H,3-5H2,1-2H3. The van der Waals surface area contributed by atoms with Gasteiger partial charge < -0.3 is 0 Å². The zero-order valence-corrected chi connectivity index (χ0v) is 7.06. The molecule has 1 fully saturated rings. The van der Waals surface area contributed by atoms with Crippen LogP contribution in [-0.2, 0) is 0 Å². The Hall–Kier alpha value is 0.310. The topological polar surface area (TPSA) is 3.24 Å². The maximum absolute atomic E-state index is 4.29. The van der Waals surface area contributed by atoms with Crippen LogP contribution in [0.1, 0.15) is 20.3 Å². The van der Waals surface area contributed by atoms with Gasteiger partial charge in [-0.05, 0) is 18.3 Å². The molecule has 0 aliphatic carbocycles. The van der Waals surface area contributed by atoms with E-state index in [1.807, 2.05) is 0 Å². The van der Waals surface area contributed by atoms with Gasteiger partial charge in [0.05, 0.1) is 0 Å². The van der Waals surface area contributed by atoms with Gasteiger partial charge in [0.2, 0.25) is 0 Å². The van der Waals surface area contributed by atoms with Crippen molar-refractivity contribution in [1.29, 1.82) is 0 Å². The van der Waals surface area contributed by atoms with Gasteiger partial charge in [0.15, 0.2) is 0 Å². The quantitative estimate of drug-likeness (QED) is 0.509. The SMILES string of the molecule is CC1CCN(S)CC1C. The number of thiol groups is 1. The van der Waals surface area contributed by atoms with E-state index in [0.29, 0.717) is 0 Å². The molecule has 0 aromatic rings. The fourth-order valence-electron chi connectivity index (χ4n) is 1.24. The minimum Gasteiger partial charge on any atom is -0.253 e. The third kappa shape index (κ3) is 1.87. The first-order valence-corrected chi connectivity index (χ1v) is 4.04. The van der Waals surface area contributed by atoms with Gasteiger partial charge >= 0.3 is 0 Å². The molecule has 1 rings (SSSR count). The first-order chi connectivity index (χ1) is 4.20. The Balaban J connectivity index is 2.35. The summed E-state index contributed by atoms with van der Waals surface area (Å²) in [4.78, 5) is 0. The normalized spacial score (nSPS) is 39.0. The summed E-state index contributed by atoms with van der Waals surface area (Å²) in [6.45, 7) is 6.94. The van der Waals surface area contributed by atoms with Gasteiger partial charge in [-0.15, -0.1) is 0 Å². The van der Waals surface area contributed by atoms with Crippen molar-refractivity contribution in [3.63, 3.8) is 0 Å². The van der Waals surface area contributed by atoms with Crippen molar-refractivity contribution in [3.05, 3.63) is 0 Å². The summed E-state index contributed by atoms with van der Waals surface area (Å²) in [6, 6.07) is 0. The second-order valence-corrected chi connectivity index (χ2v) is 3.72. The Morgan fingerprint density at radius 2 is 2.00 bits per heavy atom. The lowest BCUT2D eigenvalue weighted by Crippen LogP contribution is -2.32. The van der Waals surface area contributed by atoms with Crippen molar-refractivity contribution in [2.24, 2.45) is 11.8 Å². The van der Waals surface area contributed by atoms with Crippen molar-refractivity contribution >= 4 is 12.8 Å². The molecule has 1 aliphatic rings. The van der Waals surface area contributed by atoms with Crippen LogP contribution in [0.4, 0.5) is 0 Å². The molecular formula is C7H15NS. The zero-order valence-electron chi connectivity index (χ0n) is 6.17. The van der Waals surface area contributed by atoms with E-state index >= 15 is 0 Å². The molecule has 0 aromatic carbocycles. The number of nitrogens with zero attached hydrogens (tertiary/aromatic N) is 1. The minimum absolute atomic E-state index is 0.830. The van der Waals surface area contributed by atoms with Gasteiger partial charge in [-0.25, -0.2) is 0 Å². The number of hydrogen-bond acceptors (Lipinski definition) is 2. The molecule has 2 heteroatoms. The predicted molar refractivity (Wildman–Crippen MR) is 43.5 cm³/mol. The van der Waals surface area contributed by atoms with Crippen molar-refractivity contribution in [1.82, 2.24) is 4.31 Å². The summed E-state index contributed by atoms with van der Waals surface area (Å²) in [5, 5.41) is 0. The highest BCUT2D eigenvalue weighted by Gasteiger charge is 2.19. The van der Waals surface area contributed by atoms with Crippen LogP contribution in [0.2, 0.25) is 0 Å². The number of rotatable bonds is 0. The van der Waals surface area contributed by atoms with E-state index in [9.17, 15) is 0 Å². The molecule has 1 saturated heterocycles. The summed E-state index contributed by atoms with van der Waals surface area (Å²) < 4.78 is 2.12. The highest BCUT2D eigenvalue weighted by atomic mass is 32.1. The fraction of sp³-hybridized carbons (Fsp3) is 1.00. The molecule has 1 heterocycles. The van der Waals surface area contributed by atoms with Gasteiger partial charge in [0, 0.05) is 13.1 Å².